The molecular formula is C13H23N5. The van der Waals surface area contributed by atoms with Crippen molar-refractivity contribution in [2.75, 3.05) is 46.8 Å². The monoisotopic (exact) mass is 249 g/mol. The Balaban J connectivity index is 1.69. The molecule has 0 saturated carbocycles. The second-order valence-electron chi connectivity index (χ2n) is 5.74. The van der Waals surface area contributed by atoms with Crippen LogP contribution in [0.15, 0.2) is 6.20 Å². The molecule has 3 rings (SSSR count). The van der Waals surface area contributed by atoms with E-state index in [1.807, 2.05) is 6.20 Å². The third-order valence-electron chi connectivity index (χ3n) is 4.15. The maximum absolute atomic E-state index is 4.58. The van der Waals surface area contributed by atoms with E-state index in [4.69, 9.17) is 0 Å². The van der Waals surface area contributed by atoms with Crippen LogP contribution in [0.2, 0.25) is 0 Å². The Morgan fingerprint density at radius 2 is 2.06 bits per heavy atom. The number of aromatic amines is 1. The lowest BCUT2D eigenvalue weighted by Gasteiger charge is -2.29. The van der Waals surface area contributed by atoms with Gasteiger partial charge in [-0.2, -0.15) is 0 Å². The summed E-state index contributed by atoms with van der Waals surface area (Å²) in [7, 11) is 4.36. The fraction of sp³-hybridized carbons (Fsp3) is 0.769. The van der Waals surface area contributed by atoms with Crippen LogP contribution in [0.4, 0.5) is 0 Å². The van der Waals surface area contributed by atoms with Crippen LogP contribution >= 0.6 is 0 Å². The molecular weight excluding hydrogens is 226 g/mol. The van der Waals surface area contributed by atoms with Gasteiger partial charge in [-0.25, -0.2) is 4.98 Å². The summed E-state index contributed by atoms with van der Waals surface area (Å²) in [6.45, 7) is 5.56. The van der Waals surface area contributed by atoms with E-state index in [1.165, 1.54) is 18.7 Å². The number of likely N-dealkylation sites (N-methyl/N-ethyl adjacent to an activating group) is 2. The predicted octanol–water partition coefficient (Wildman–Crippen LogP) is 0.405. The summed E-state index contributed by atoms with van der Waals surface area (Å²) >= 11 is 0. The minimum atomic E-state index is 0.358. The molecule has 2 aliphatic heterocycles. The number of hydrogen-bond acceptors (Lipinski definition) is 4. The molecule has 0 radical (unpaired) electrons. The Morgan fingerprint density at radius 3 is 2.78 bits per heavy atom. The zero-order valence-electron chi connectivity index (χ0n) is 11.3. The lowest BCUT2D eigenvalue weighted by Crippen LogP contribution is -2.44. The Morgan fingerprint density at radius 1 is 1.22 bits per heavy atom. The minimum Gasteiger partial charge on any atom is -0.344 e. The Hall–Kier alpha value is -0.910. The van der Waals surface area contributed by atoms with Gasteiger partial charge in [-0.15, -0.1) is 0 Å². The van der Waals surface area contributed by atoms with Crippen LogP contribution in [-0.4, -0.2) is 66.6 Å². The number of piperazine rings is 1. The molecule has 2 aliphatic rings. The highest BCUT2D eigenvalue weighted by Crippen LogP contribution is 2.25. The molecule has 100 valence electrons. The summed E-state index contributed by atoms with van der Waals surface area (Å²) in [6.07, 6.45) is 3.28. The molecule has 2 saturated heterocycles. The zero-order valence-corrected chi connectivity index (χ0v) is 11.3. The molecule has 5 heteroatoms. The van der Waals surface area contributed by atoms with Crippen molar-refractivity contribution in [2.45, 2.75) is 18.4 Å². The third-order valence-corrected chi connectivity index (χ3v) is 4.15. The molecule has 3 heterocycles. The molecule has 0 aromatic carbocycles. The van der Waals surface area contributed by atoms with Crippen LogP contribution in [0.3, 0.4) is 0 Å². The van der Waals surface area contributed by atoms with Gasteiger partial charge in [-0.3, -0.25) is 0 Å². The van der Waals surface area contributed by atoms with Crippen molar-refractivity contribution in [1.82, 2.24) is 25.1 Å². The van der Waals surface area contributed by atoms with Gasteiger partial charge >= 0.3 is 0 Å². The quantitative estimate of drug-likeness (QED) is 0.797. The molecule has 1 aromatic rings. The van der Waals surface area contributed by atoms with E-state index in [0.717, 1.165) is 32.0 Å². The molecule has 0 bridgehead atoms. The third kappa shape index (κ3) is 2.43. The summed E-state index contributed by atoms with van der Waals surface area (Å²) in [5.41, 5.74) is 1.31. The highest BCUT2D eigenvalue weighted by molar-refractivity contribution is 5.13. The molecule has 0 spiro atoms. The Bertz CT molecular complexity index is 402. The normalized spacial score (nSPS) is 31.0. The van der Waals surface area contributed by atoms with Gasteiger partial charge in [0.05, 0.1) is 6.04 Å². The average Bonchev–Trinajstić information content (AvgIpc) is 2.97. The number of nitrogens with one attached hydrogen (secondary N) is 2. The van der Waals surface area contributed by atoms with Crippen molar-refractivity contribution in [1.29, 1.82) is 0 Å². The minimum absolute atomic E-state index is 0.358. The number of likely N-dealkylation sites (tertiary alicyclic amines) is 1. The van der Waals surface area contributed by atoms with Gasteiger partial charge in [0.15, 0.2) is 0 Å². The Labute approximate surface area is 109 Å². The first-order chi connectivity index (χ1) is 8.72. The van der Waals surface area contributed by atoms with Gasteiger partial charge in [0.25, 0.3) is 0 Å². The van der Waals surface area contributed by atoms with Gasteiger partial charge in [-0.1, -0.05) is 0 Å². The Kier molecular flexibility index (Phi) is 3.37. The van der Waals surface area contributed by atoms with Gasteiger partial charge in [0.1, 0.15) is 5.82 Å². The molecule has 2 N–H and O–H groups in total. The smallest absolute Gasteiger partial charge is 0.124 e. The van der Waals surface area contributed by atoms with E-state index in [-0.39, 0.29) is 0 Å². The van der Waals surface area contributed by atoms with E-state index in [9.17, 15) is 0 Å². The van der Waals surface area contributed by atoms with Crippen molar-refractivity contribution < 1.29 is 0 Å². The second-order valence-corrected chi connectivity index (χ2v) is 5.74. The lowest BCUT2D eigenvalue weighted by atomic mass is 10.1. The van der Waals surface area contributed by atoms with Gasteiger partial charge in [0, 0.05) is 44.0 Å². The molecule has 0 aliphatic carbocycles. The first-order valence-electron chi connectivity index (χ1n) is 6.87. The van der Waals surface area contributed by atoms with Crippen LogP contribution in [0.25, 0.3) is 0 Å². The summed E-state index contributed by atoms with van der Waals surface area (Å²) < 4.78 is 0. The fourth-order valence-electron chi connectivity index (χ4n) is 3.01. The van der Waals surface area contributed by atoms with Gasteiger partial charge < -0.3 is 20.1 Å². The molecule has 2 fully saturated rings. The van der Waals surface area contributed by atoms with Crippen molar-refractivity contribution in [3.05, 3.63) is 17.7 Å². The van der Waals surface area contributed by atoms with Crippen molar-refractivity contribution >= 4 is 0 Å². The molecule has 0 amide bonds. The van der Waals surface area contributed by atoms with Crippen LogP contribution in [0.5, 0.6) is 0 Å². The summed E-state index contributed by atoms with van der Waals surface area (Å²) in [5.74, 6) is 1.74. The topological polar surface area (TPSA) is 47.2 Å². The van der Waals surface area contributed by atoms with Crippen LogP contribution < -0.4 is 5.32 Å². The largest absolute Gasteiger partial charge is 0.344 e. The standard InChI is InChI=1S/C13H23N5/c1-17-5-3-10(8-17)11-7-15-13(16-11)12-9-18(2)6-4-14-12/h7,10,12,14H,3-6,8-9H2,1-2H3,(H,15,16). The number of aromatic nitrogens is 2. The molecule has 5 nitrogen and oxygen atoms in total. The summed E-state index contributed by atoms with van der Waals surface area (Å²) in [4.78, 5) is 12.9. The van der Waals surface area contributed by atoms with E-state index in [2.05, 4.69) is 39.2 Å². The molecule has 1 aromatic heterocycles. The summed E-state index contributed by atoms with van der Waals surface area (Å²) in [6, 6.07) is 0.358. The van der Waals surface area contributed by atoms with E-state index < -0.39 is 0 Å². The van der Waals surface area contributed by atoms with Crippen LogP contribution in [0, 0.1) is 0 Å². The van der Waals surface area contributed by atoms with E-state index in [0.29, 0.717) is 12.0 Å². The predicted molar refractivity (Wildman–Crippen MR) is 71.7 cm³/mol. The molecule has 2 atom stereocenters. The summed E-state index contributed by atoms with van der Waals surface area (Å²) in [5, 5.41) is 3.53. The highest BCUT2D eigenvalue weighted by Gasteiger charge is 2.25. The van der Waals surface area contributed by atoms with E-state index >= 15 is 0 Å². The van der Waals surface area contributed by atoms with Crippen molar-refractivity contribution in [2.24, 2.45) is 0 Å². The van der Waals surface area contributed by atoms with Crippen LogP contribution in [-0.2, 0) is 0 Å². The second kappa shape index (κ2) is 4.99. The van der Waals surface area contributed by atoms with Crippen molar-refractivity contribution in [3.63, 3.8) is 0 Å². The first-order valence-corrected chi connectivity index (χ1v) is 6.87. The SMILES string of the molecule is CN1CCC(c2cnc(C3CN(C)CCN3)[nH]2)C1. The molecule has 18 heavy (non-hydrogen) atoms. The number of nitrogens with zero attached hydrogens (tertiary/aromatic N) is 3. The number of hydrogen-bond donors (Lipinski definition) is 2. The van der Waals surface area contributed by atoms with Gasteiger partial charge in [-0.05, 0) is 27.1 Å². The van der Waals surface area contributed by atoms with Gasteiger partial charge in [0.2, 0.25) is 0 Å². The number of rotatable bonds is 2. The maximum atomic E-state index is 4.58. The lowest BCUT2D eigenvalue weighted by molar-refractivity contribution is 0.236. The van der Waals surface area contributed by atoms with Crippen molar-refractivity contribution in [3.8, 4) is 0 Å². The average molecular weight is 249 g/mol. The first kappa shape index (κ1) is 12.1. The zero-order chi connectivity index (χ0) is 12.5. The van der Waals surface area contributed by atoms with E-state index in [1.54, 1.807) is 0 Å². The molecule has 2 unspecified atom stereocenters. The van der Waals surface area contributed by atoms with Crippen LogP contribution in [0.1, 0.15) is 29.9 Å². The highest BCUT2D eigenvalue weighted by atomic mass is 15.2. The fourth-order valence-corrected chi connectivity index (χ4v) is 3.01. The maximum Gasteiger partial charge on any atom is 0.124 e. The number of imidazole rings is 1. The number of H-pyrrole nitrogens is 1.